The van der Waals surface area contributed by atoms with Gasteiger partial charge in [-0.15, -0.1) is 0 Å². The summed E-state index contributed by atoms with van der Waals surface area (Å²) in [6.45, 7) is 0. The van der Waals surface area contributed by atoms with Crippen molar-refractivity contribution in [1.82, 2.24) is 4.90 Å². The van der Waals surface area contributed by atoms with Gasteiger partial charge in [-0.1, -0.05) is 30.3 Å². The van der Waals surface area contributed by atoms with E-state index in [9.17, 15) is 14.7 Å². The number of carbonyl (C=O) groups is 2. The van der Waals surface area contributed by atoms with Gasteiger partial charge in [0, 0.05) is 12.0 Å². The van der Waals surface area contributed by atoms with Gasteiger partial charge in [-0.25, -0.2) is 4.79 Å². The molecule has 2 unspecified atom stereocenters. The van der Waals surface area contributed by atoms with Crippen molar-refractivity contribution in [2.24, 2.45) is 0 Å². The Bertz CT molecular complexity index is 559. The second-order valence-corrected chi connectivity index (χ2v) is 6.06. The first kappa shape index (κ1) is 15.0. The summed E-state index contributed by atoms with van der Waals surface area (Å²) in [5.74, 6) is -0.942. The number of rotatable bonds is 2. The quantitative estimate of drug-likeness (QED) is 0.840. The maximum absolute atomic E-state index is 12.7. The highest BCUT2D eigenvalue weighted by atomic mass is 16.5. The number of carbonyl (C=O) groups excluding carboxylic acids is 2. The molecule has 2 aliphatic rings. The van der Waals surface area contributed by atoms with Gasteiger partial charge in [-0.05, 0) is 31.2 Å². The maximum atomic E-state index is 12.7. The second kappa shape index (κ2) is 6.08. The predicted molar refractivity (Wildman–Crippen MR) is 80.1 cm³/mol. The normalized spacial score (nSPS) is 31.5. The number of methoxy groups -OCH3 is 1. The van der Waals surface area contributed by atoms with E-state index in [1.165, 1.54) is 7.11 Å². The molecule has 0 radical (unpaired) electrons. The number of fused-ring (bicyclic) bond motifs is 1. The van der Waals surface area contributed by atoms with Crippen molar-refractivity contribution < 1.29 is 19.4 Å². The van der Waals surface area contributed by atoms with E-state index in [0.29, 0.717) is 6.42 Å². The van der Waals surface area contributed by atoms with Gasteiger partial charge >= 0.3 is 5.97 Å². The average Bonchev–Trinajstić information content (AvgIpc) is 2.93. The molecule has 1 N–H and O–H groups in total. The van der Waals surface area contributed by atoms with Crippen molar-refractivity contribution in [2.75, 3.05) is 7.11 Å². The van der Waals surface area contributed by atoms with Crippen molar-refractivity contribution in [1.29, 1.82) is 0 Å². The summed E-state index contributed by atoms with van der Waals surface area (Å²) in [7, 11) is 1.33. The van der Waals surface area contributed by atoms with Gasteiger partial charge in [0.2, 0.25) is 0 Å². The zero-order valence-corrected chi connectivity index (χ0v) is 12.6. The second-order valence-electron chi connectivity index (χ2n) is 6.06. The summed E-state index contributed by atoms with van der Waals surface area (Å²) in [5, 5.41) is 10.5. The molecule has 0 aliphatic carbocycles. The van der Waals surface area contributed by atoms with E-state index < -0.39 is 12.1 Å². The molecule has 1 amide bonds. The first-order valence-corrected chi connectivity index (χ1v) is 7.76. The topological polar surface area (TPSA) is 66.8 Å². The highest BCUT2D eigenvalue weighted by Gasteiger charge is 2.47. The Labute approximate surface area is 129 Å². The molecule has 0 spiro atoms. The summed E-state index contributed by atoms with van der Waals surface area (Å²) in [4.78, 5) is 26.2. The van der Waals surface area contributed by atoms with E-state index in [0.717, 1.165) is 24.8 Å². The van der Waals surface area contributed by atoms with E-state index in [2.05, 4.69) is 0 Å². The largest absolute Gasteiger partial charge is 0.467 e. The molecule has 0 bridgehead atoms. The van der Waals surface area contributed by atoms with Crippen molar-refractivity contribution in [3.05, 3.63) is 35.9 Å². The summed E-state index contributed by atoms with van der Waals surface area (Å²) < 4.78 is 4.80. The van der Waals surface area contributed by atoms with Gasteiger partial charge < -0.3 is 14.7 Å². The number of hydrogen-bond donors (Lipinski definition) is 1. The summed E-state index contributed by atoms with van der Waals surface area (Å²) >= 11 is 0. The highest BCUT2D eigenvalue weighted by molar-refractivity contribution is 5.88. The molecule has 1 aromatic carbocycles. The van der Waals surface area contributed by atoms with Crippen molar-refractivity contribution in [3.63, 3.8) is 0 Å². The zero-order valence-electron chi connectivity index (χ0n) is 12.6. The smallest absolute Gasteiger partial charge is 0.328 e. The number of aliphatic hydroxyl groups is 1. The van der Waals surface area contributed by atoms with Crippen LogP contribution < -0.4 is 0 Å². The van der Waals surface area contributed by atoms with Crippen molar-refractivity contribution in [3.8, 4) is 0 Å². The molecular formula is C17H21NO4. The molecule has 22 heavy (non-hydrogen) atoms. The highest BCUT2D eigenvalue weighted by Crippen LogP contribution is 2.37. The monoisotopic (exact) mass is 303 g/mol. The van der Waals surface area contributed by atoms with Gasteiger partial charge in [-0.3, -0.25) is 4.79 Å². The van der Waals surface area contributed by atoms with Crippen LogP contribution in [0.15, 0.2) is 30.3 Å². The number of aliphatic hydroxyl groups excluding tert-OH is 1. The van der Waals surface area contributed by atoms with Crippen molar-refractivity contribution >= 4 is 11.9 Å². The van der Waals surface area contributed by atoms with Crippen LogP contribution in [0.2, 0.25) is 0 Å². The molecule has 0 saturated carbocycles. The lowest BCUT2D eigenvalue weighted by Gasteiger charge is -2.29. The van der Waals surface area contributed by atoms with Crippen LogP contribution in [0, 0.1) is 0 Å². The zero-order chi connectivity index (χ0) is 15.7. The van der Waals surface area contributed by atoms with Gasteiger partial charge in [0.25, 0.3) is 5.91 Å². The predicted octanol–water partition coefficient (Wildman–Crippen LogP) is 1.46. The molecule has 2 heterocycles. The summed E-state index contributed by atoms with van der Waals surface area (Å²) in [6, 6.07) is 9.10. The van der Waals surface area contributed by atoms with E-state index in [-0.39, 0.29) is 23.8 Å². The number of esters is 1. The molecule has 5 heteroatoms. The first-order valence-electron chi connectivity index (χ1n) is 7.76. The molecule has 5 nitrogen and oxygen atoms in total. The molecule has 2 aliphatic heterocycles. The molecule has 118 valence electrons. The Morgan fingerprint density at radius 3 is 2.55 bits per heavy atom. The third-order valence-electron chi connectivity index (χ3n) is 4.90. The van der Waals surface area contributed by atoms with Crippen LogP contribution >= 0.6 is 0 Å². The molecule has 4 atom stereocenters. The lowest BCUT2D eigenvalue weighted by atomic mass is 9.88. The Hall–Kier alpha value is -1.88. The number of amides is 1. The SMILES string of the molecule is COC(=O)[C@@H]1CC[C@H]2CCC(c3ccccc3)C(O)C(=O)N21. The number of ether oxygens (including phenoxy) is 1. The minimum Gasteiger partial charge on any atom is -0.467 e. The fourth-order valence-electron chi connectivity index (χ4n) is 3.77. The van der Waals surface area contributed by atoms with Crippen LogP contribution in [0.3, 0.4) is 0 Å². The van der Waals surface area contributed by atoms with E-state index in [1.807, 2.05) is 30.3 Å². The van der Waals surface area contributed by atoms with E-state index >= 15 is 0 Å². The van der Waals surface area contributed by atoms with Crippen LogP contribution in [-0.2, 0) is 14.3 Å². The van der Waals surface area contributed by atoms with E-state index in [1.54, 1.807) is 4.90 Å². The fraction of sp³-hybridized carbons (Fsp3) is 0.529. The van der Waals surface area contributed by atoms with Crippen LogP contribution in [0.25, 0.3) is 0 Å². The number of nitrogens with zero attached hydrogens (tertiary/aromatic N) is 1. The molecule has 1 aromatic rings. The Morgan fingerprint density at radius 2 is 1.86 bits per heavy atom. The van der Waals surface area contributed by atoms with Crippen LogP contribution in [0.1, 0.15) is 37.2 Å². The van der Waals surface area contributed by atoms with Gasteiger partial charge in [0.15, 0.2) is 0 Å². The van der Waals surface area contributed by atoms with E-state index in [4.69, 9.17) is 4.74 Å². The summed E-state index contributed by atoms with van der Waals surface area (Å²) in [5.41, 5.74) is 0.971. The molecule has 2 fully saturated rings. The molecule has 3 rings (SSSR count). The lowest BCUT2D eigenvalue weighted by Crippen LogP contribution is -2.48. The average molecular weight is 303 g/mol. The van der Waals surface area contributed by atoms with Crippen LogP contribution in [-0.4, -0.2) is 47.2 Å². The Morgan fingerprint density at radius 1 is 1.18 bits per heavy atom. The maximum Gasteiger partial charge on any atom is 0.328 e. The van der Waals surface area contributed by atoms with Crippen LogP contribution in [0.5, 0.6) is 0 Å². The fourth-order valence-corrected chi connectivity index (χ4v) is 3.77. The van der Waals surface area contributed by atoms with Gasteiger partial charge in [0.05, 0.1) is 7.11 Å². The van der Waals surface area contributed by atoms with Gasteiger partial charge in [0.1, 0.15) is 12.1 Å². The molecule has 2 saturated heterocycles. The van der Waals surface area contributed by atoms with Gasteiger partial charge in [-0.2, -0.15) is 0 Å². The number of hydrogen-bond acceptors (Lipinski definition) is 4. The first-order chi connectivity index (χ1) is 10.6. The minimum absolute atomic E-state index is 0.0277. The van der Waals surface area contributed by atoms with Crippen LogP contribution in [0.4, 0.5) is 0 Å². The molecular weight excluding hydrogens is 282 g/mol. The third-order valence-corrected chi connectivity index (χ3v) is 4.90. The third kappa shape index (κ3) is 2.50. The van der Waals surface area contributed by atoms with Crippen molar-refractivity contribution in [2.45, 2.75) is 49.8 Å². The Kier molecular flexibility index (Phi) is 4.16. The summed E-state index contributed by atoms with van der Waals surface area (Å²) in [6.07, 6.45) is 1.85. The minimum atomic E-state index is -1.10. The molecule has 0 aromatic heterocycles. The standard InChI is InChI=1S/C17H21NO4/c1-22-17(21)14-10-8-12-7-9-13(11-5-3-2-4-6-11)15(19)16(20)18(12)14/h2-6,12-15,19H,7-10H2,1H3/t12-,13?,14+,15?/m1/s1. The lowest BCUT2D eigenvalue weighted by molar-refractivity contribution is -0.155. The number of benzene rings is 1. The Balaban J connectivity index is 1.87.